The van der Waals surface area contributed by atoms with Gasteiger partial charge in [0.2, 0.25) is 0 Å². The molecule has 0 spiro atoms. The highest BCUT2D eigenvalue weighted by atomic mass is 79.9. The first-order chi connectivity index (χ1) is 8.13. The zero-order chi connectivity index (χ0) is 12.4. The van der Waals surface area contributed by atoms with E-state index in [0.717, 1.165) is 24.7 Å². The minimum atomic E-state index is -0.264. The van der Waals surface area contributed by atoms with Crippen LogP contribution in [0.15, 0.2) is 18.2 Å². The van der Waals surface area contributed by atoms with E-state index >= 15 is 0 Å². The van der Waals surface area contributed by atoms with Gasteiger partial charge in [0.15, 0.2) is 0 Å². The summed E-state index contributed by atoms with van der Waals surface area (Å²) in [4.78, 5) is 14.1. The van der Waals surface area contributed by atoms with Crippen molar-refractivity contribution in [2.45, 2.75) is 25.8 Å². The number of carbonyl (C=O) groups is 1. The molecule has 0 aliphatic carbocycles. The van der Waals surface area contributed by atoms with E-state index in [-0.39, 0.29) is 17.8 Å². The van der Waals surface area contributed by atoms with Gasteiger partial charge in [-0.05, 0) is 43.5 Å². The lowest BCUT2D eigenvalue weighted by molar-refractivity contribution is 0.0750. The number of likely N-dealkylation sites (tertiary alicyclic amines) is 1. The van der Waals surface area contributed by atoms with Crippen molar-refractivity contribution in [3.8, 4) is 0 Å². The molecule has 1 aromatic carbocycles. The molecule has 0 N–H and O–H groups in total. The lowest BCUT2D eigenvalue weighted by Crippen LogP contribution is -2.36. The summed E-state index contributed by atoms with van der Waals surface area (Å²) in [5.74, 6) is -0.255. The fourth-order valence-electron chi connectivity index (χ4n) is 2.21. The Morgan fingerprint density at radius 3 is 3.00 bits per heavy atom. The van der Waals surface area contributed by atoms with Crippen molar-refractivity contribution in [1.82, 2.24) is 4.90 Å². The van der Waals surface area contributed by atoms with E-state index in [1.807, 2.05) is 4.90 Å². The molecule has 1 fully saturated rings. The fraction of sp³-hybridized carbons (Fsp3) is 0.462. The molecule has 1 aliphatic heterocycles. The van der Waals surface area contributed by atoms with Gasteiger partial charge in [0.05, 0.1) is 0 Å². The Balaban J connectivity index is 2.21. The number of hydrogen-bond donors (Lipinski definition) is 0. The zero-order valence-electron chi connectivity index (χ0n) is 9.75. The third kappa shape index (κ3) is 2.51. The molecular formula is C13H15BrFNO. The summed E-state index contributed by atoms with van der Waals surface area (Å²) in [5.41, 5.74) is 1.10. The van der Waals surface area contributed by atoms with Crippen molar-refractivity contribution in [1.29, 1.82) is 0 Å². The Hall–Kier alpha value is -0.900. The molecule has 1 unspecified atom stereocenters. The number of aryl methyl sites for hydroxylation is 1. The first-order valence-electron chi connectivity index (χ1n) is 5.76. The van der Waals surface area contributed by atoms with Crippen molar-refractivity contribution in [3.05, 3.63) is 35.1 Å². The SMILES string of the molecule is Cc1cc(C(=O)N2CCCC2CBr)ccc1F. The number of carbonyl (C=O) groups excluding carboxylic acids is 1. The normalized spacial score (nSPS) is 19.7. The summed E-state index contributed by atoms with van der Waals surface area (Å²) in [7, 11) is 0. The van der Waals surface area contributed by atoms with Crippen LogP contribution in [0.25, 0.3) is 0 Å². The molecule has 0 radical (unpaired) electrons. The van der Waals surface area contributed by atoms with Crippen LogP contribution < -0.4 is 0 Å². The van der Waals surface area contributed by atoms with Gasteiger partial charge in [-0.1, -0.05) is 15.9 Å². The van der Waals surface area contributed by atoms with Crippen LogP contribution in [-0.4, -0.2) is 28.7 Å². The standard InChI is InChI=1S/C13H15BrFNO/c1-9-7-10(4-5-12(9)15)13(17)16-6-2-3-11(16)8-14/h4-5,7,11H,2-3,6,8H2,1H3. The summed E-state index contributed by atoms with van der Waals surface area (Å²) in [5, 5.41) is 0.804. The predicted octanol–water partition coefficient (Wildman–Crippen LogP) is 3.13. The molecule has 1 saturated heterocycles. The molecular weight excluding hydrogens is 285 g/mol. The van der Waals surface area contributed by atoms with Gasteiger partial charge in [0.25, 0.3) is 5.91 Å². The van der Waals surface area contributed by atoms with Crippen molar-refractivity contribution >= 4 is 21.8 Å². The van der Waals surface area contributed by atoms with E-state index in [4.69, 9.17) is 0 Å². The molecule has 1 heterocycles. The van der Waals surface area contributed by atoms with E-state index in [1.165, 1.54) is 6.07 Å². The van der Waals surface area contributed by atoms with Crippen LogP contribution >= 0.6 is 15.9 Å². The second kappa shape index (κ2) is 5.17. The summed E-state index contributed by atoms with van der Waals surface area (Å²) in [6.07, 6.45) is 2.08. The van der Waals surface area contributed by atoms with Crippen LogP contribution in [0.2, 0.25) is 0 Å². The maximum absolute atomic E-state index is 13.1. The molecule has 92 valence electrons. The molecule has 0 bridgehead atoms. The summed E-state index contributed by atoms with van der Waals surface area (Å²) in [6.45, 7) is 2.48. The van der Waals surface area contributed by atoms with Crippen LogP contribution in [0.1, 0.15) is 28.8 Å². The number of benzene rings is 1. The van der Waals surface area contributed by atoms with Crippen molar-refractivity contribution in [2.24, 2.45) is 0 Å². The van der Waals surface area contributed by atoms with Gasteiger partial charge in [-0.3, -0.25) is 4.79 Å². The van der Waals surface area contributed by atoms with Crippen LogP contribution in [0.3, 0.4) is 0 Å². The summed E-state index contributed by atoms with van der Waals surface area (Å²) < 4.78 is 13.1. The highest BCUT2D eigenvalue weighted by Crippen LogP contribution is 2.22. The lowest BCUT2D eigenvalue weighted by atomic mass is 10.1. The van der Waals surface area contributed by atoms with E-state index in [0.29, 0.717) is 11.1 Å². The molecule has 2 nitrogen and oxygen atoms in total. The monoisotopic (exact) mass is 299 g/mol. The fourth-order valence-corrected chi connectivity index (χ4v) is 2.88. The number of hydrogen-bond acceptors (Lipinski definition) is 1. The zero-order valence-corrected chi connectivity index (χ0v) is 11.3. The van der Waals surface area contributed by atoms with Gasteiger partial charge < -0.3 is 4.90 Å². The van der Waals surface area contributed by atoms with E-state index in [2.05, 4.69) is 15.9 Å². The average molecular weight is 300 g/mol. The third-order valence-electron chi connectivity index (χ3n) is 3.22. The minimum Gasteiger partial charge on any atom is -0.335 e. The topological polar surface area (TPSA) is 20.3 Å². The third-order valence-corrected chi connectivity index (χ3v) is 3.97. The highest BCUT2D eigenvalue weighted by molar-refractivity contribution is 9.09. The molecule has 0 aromatic heterocycles. The van der Waals surface area contributed by atoms with Gasteiger partial charge in [0.1, 0.15) is 5.82 Å². The van der Waals surface area contributed by atoms with Crippen molar-refractivity contribution in [3.63, 3.8) is 0 Å². The molecule has 0 saturated carbocycles. The van der Waals surface area contributed by atoms with Gasteiger partial charge in [-0.15, -0.1) is 0 Å². The second-order valence-corrected chi connectivity index (χ2v) is 5.06. The second-order valence-electron chi connectivity index (χ2n) is 4.41. The molecule has 1 aliphatic rings. The molecule has 2 rings (SSSR count). The van der Waals surface area contributed by atoms with Crippen LogP contribution in [0, 0.1) is 12.7 Å². The molecule has 1 amide bonds. The van der Waals surface area contributed by atoms with Gasteiger partial charge in [-0.25, -0.2) is 4.39 Å². The predicted molar refractivity (Wildman–Crippen MR) is 69.0 cm³/mol. The molecule has 4 heteroatoms. The van der Waals surface area contributed by atoms with Crippen LogP contribution in [-0.2, 0) is 0 Å². The highest BCUT2D eigenvalue weighted by Gasteiger charge is 2.28. The molecule has 17 heavy (non-hydrogen) atoms. The maximum atomic E-state index is 13.1. The average Bonchev–Trinajstić information content (AvgIpc) is 2.80. The van der Waals surface area contributed by atoms with Gasteiger partial charge >= 0.3 is 0 Å². The molecule has 1 aromatic rings. The van der Waals surface area contributed by atoms with Gasteiger partial charge in [0, 0.05) is 23.5 Å². The van der Waals surface area contributed by atoms with Crippen LogP contribution in [0.5, 0.6) is 0 Å². The smallest absolute Gasteiger partial charge is 0.254 e. The van der Waals surface area contributed by atoms with Gasteiger partial charge in [-0.2, -0.15) is 0 Å². The van der Waals surface area contributed by atoms with Crippen molar-refractivity contribution < 1.29 is 9.18 Å². The van der Waals surface area contributed by atoms with Crippen molar-refractivity contribution in [2.75, 3.05) is 11.9 Å². The Morgan fingerprint density at radius 2 is 2.35 bits per heavy atom. The summed E-state index contributed by atoms with van der Waals surface area (Å²) in [6, 6.07) is 4.82. The number of nitrogens with zero attached hydrogens (tertiary/aromatic N) is 1. The summed E-state index contributed by atoms with van der Waals surface area (Å²) >= 11 is 3.43. The Kier molecular flexibility index (Phi) is 3.82. The minimum absolute atomic E-state index is 0.00931. The number of rotatable bonds is 2. The maximum Gasteiger partial charge on any atom is 0.254 e. The van der Waals surface area contributed by atoms with E-state index in [1.54, 1.807) is 19.1 Å². The Bertz CT molecular complexity index is 435. The van der Waals surface area contributed by atoms with E-state index < -0.39 is 0 Å². The largest absolute Gasteiger partial charge is 0.335 e. The number of amides is 1. The quantitative estimate of drug-likeness (QED) is 0.768. The van der Waals surface area contributed by atoms with Crippen LogP contribution in [0.4, 0.5) is 4.39 Å². The molecule has 1 atom stereocenters. The first-order valence-corrected chi connectivity index (χ1v) is 6.88. The van der Waals surface area contributed by atoms with E-state index in [9.17, 15) is 9.18 Å². The Labute approximate surface area is 109 Å². The lowest BCUT2D eigenvalue weighted by Gasteiger charge is -2.23. The number of halogens is 2. The number of alkyl halides is 1. The first kappa shape index (κ1) is 12.6. The Morgan fingerprint density at radius 1 is 1.59 bits per heavy atom.